The molecule has 0 saturated carbocycles. The van der Waals surface area contributed by atoms with Crippen molar-refractivity contribution in [2.75, 3.05) is 6.61 Å². The van der Waals surface area contributed by atoms with Crippen LogP contribution >= 0.6 is 0 Å². The van der Waals surface area contributed by atoms with Crippen molar-refractivity contribution in [1.82, 2.24) is 0 Å². The first-order valence-electron chi connectivity index (χ1n) is 23.3. The predicted molar refractivity (Wildman–Crippen MR) is 292 cm³/mol. The van der Waals surface area contributed by atoms with Gasteiger partial charge >= 0.3 is 0 Å². The van der Waals surface area contributed by atoms with Crippen LogP contribution in [0.25, 0.3) is 72.7 Å². The molecule has 0 unspecified atom stereocenters. The molecule has 0 saturated heterocycles. The van der Waals surface area contributed by atoms with Crippen LogP contribution in [0.15, 0.2) is 205 Å². The SMILES string of the molecule is C=C(/C(C)=C(O)\C(O)=C(\C)CO)c1c(/C=C(\C)c2ccccc2)c(CC)c(-c2ccc(C(/C=C\C)=C/C=C/C=C/c3c(-c4ccccc4C)ccc4ccccc34)cc2)c2ccccc12.CC. The Labute approximate surface area is 398 Å². The molecule has 0 aliphatic heterocycles. The van der Waals surface area contributed by atoms with Crippen molar-refractivity contribution in [1.29, 1.82) is 0 Å². The molecular weight excluding hydrogens is 817 g/mol. The molecule has 7 aromatic carbocycles. The van der Waals surface area contributed by atoms with Crippen LogP contribution in [0.2, 0.25) is 0 Å². The lowest BCUT2D eigenvalue weighted by Gasteiger charge is -2.23. The highest BCUT2D eigenvalue weighted by Crippen LogP contribution is 2.44. The fourth-order valence-corrected chi connectivity index (χ4v) is 8.70. The van der Waals surface area contributed by atoms with E-state index in [1.165, 1.54) is 33.0 Å². The third-order valence-corrected chi connectivity index (χ3v) is 12.3. The van der Waals surface area contributed by atoms with Gasteiger partial charge in [-0.3, -0.25) is 0 Å². The zero-order chi connectivity index (χ0) is 48.0. The molecule has 0 atom stereocenters. The number of benzene rings is 7. The predicted octanol–water partition coefficient (Wildman–Crippen LogP) is 17.7. The maximum absolute atomic E-state index is 11.3. The zero-order valence-corrected chi connectivity index (χ0v) is 40.4. The van der Waals surface area contributed by atoms with Crippen LogP contribution in [0.3, 0.4) is 0 Å². The Bertz CT molecular complexity index is 3110. The topological polar surface area (TPSA) is 60.7 Å². The van der Waals surface area contributed by atoms with Gasteiger partial charge < -0.3 is 15.3 Å². The highest BCUT2D eigenvalue weighted by Gasteiger charge is 2.23. The summed E-state index contributed by atoms with van der Waals surface area (Å²) in [5, 5.41) is 36.4. The fraction of sp³-hybridized carbons (Fsp3) is 0.156. The Morgan fingerprint density at radius 3 is 1.94 bits per heavy atom. The van der Waals surface area contributed by atoms with Crippen LogP contribution in [0.4, 0.5) is 0 Å². The van der Waals surface area contributed by atoms with Gasteiger partial charge in [0.2, 0.25) is 0 Å². The highest BCUT2D eigenvalue weighted by atomic mass is 16.3. The summed E-state index contributed by atoms with van der Waals surface area (Å²) in [6.07, 6.45) is 17.9. The Morgan fingerprint density at radius 1 is 0.627 bits per heavy atom. The van der Waals surface area contributed by atoms with Gasteiger partial charge in [0.05, 0.1) is 6.61 Å². The lowest BCUT2D eigenvalue weighted by atomic mass is 9.80. The summed E-state index contributed by atoms with van der Waals surface area (Å²) in [4.78, 5) is 0. The quantitative estimate of drug-likeness (QED) is 0.0579. The van der Waals surface area contributed by atoms with Crippen molar-refractivity contribution in [2.45, 2.75) is 61.8 Å². The van der Waals surface area contributed by atoms with Gasteiger partial charge in [-0.15, -0.1) is 0 Å². The Kier molecular flexibility index (Phi) is 16.9. The van der Waals surface area contributed by atoms with E-state index in [0.717, 1.165) is 67.3 Å². The second-order valence-corrected chi connectivity index (χ2v) is 16.5. The van der Waals surface area contributed by atoms with Crippen molar-refractivity contribution < 1.29 is 15.3 Å². The molecule has 338 valence electrons. The van der Waals surface area contributed by atoms with Gasteiger partial charge in [0.15, 0.2) is 11.5 Å². The number of aliphatic hydroxyl groups is 3. The normalized spacial score (nSPS) is 13.0. The van der Waals surface area contributed by atoms with Gasteiger partial charge in [0.1, 0.15) is 0 Å². The van der Waals surface area contributed by atoms with Gasteiger partial charge in [0, 0.05) is 5.57 Å². The van der Waals surface area contributed by atoms with E-state index in [1.54, 1.807) is 13.8 Å². The average molecular weight is 881 g/mol. The average Bonchev–Trinajstić information content (AvgIpc) is 3.37. The number of hydrogen-bond acceptors (Lipinski definition) is 3. The van der Waals surface area contributed by atoms with E-state index in [2.05, 4.69) is 191 Å². The summed E-state index contributed by atoms with van der Waals surface area (Å²) in [6, 6.07) is 49.1. The third kappa shape index (κ3) is 10.8. The first-order valence-corrected chi connectivity index (χ1v) is 23.3. The standard InChI is InChI=1S/C62H58O3.C2H6/c1-8-22-47(26-14-11-15-30-54-53-29-19-17-27-49(53)37-38-55(54)52-28-18-16-23-41(52)3)48-33-35-50(36-34-48)60-51(9-2)58(39-42(4)46-24-12-10-13-25-46)59(56-31-20-21-32-57(56)60)44(6)45(7)62(65)61(64)43(5)40-63;1-2/h8,10-39,63-65H,6,9,40H2,1-5,7H3;1-2H3/b14-11+,22-8-,30-15+,42-39+,47-26+,61-43+,62-45+;. The molecule has 0 radical (unpaired) electrons. The van der Waals surface area contributed by atoms with E-state index in [9.17, 15) is 15.3 Å². The van der Waals surface area contributed by atoms with Crippen LogP contribution in [0.5, 0.6) is 0 Å². The zero-order valence-electron chi connectivity index (χ0n) is 40.4. The second kappa shape index (κ2) is 23.1. The van der Waals surface area contributed by atoms with Crippen molar-refractivity contribution in [2.24, 2.45) is 0 Å². The fourth-order valence-electron chi connectivity index (χ4n) is 8.70. The molecule has 67 heavy (non-hydrogen) atoms. The van der Waals surface area contributed by atoms with Crippen LogP contribution in [-0.2, 0) is 6.42 Å². The molecule has 7 rings (SSSR count). The number of hydrogen-bond donors (Lipinski definition) is 3. The Hall–Kier alpha value is -7.46. The van der Waals surface area contributed by atoms with Crippen molar-refractivity contribution >= 4 is 50.4 Å². The van der Waals surface area contributed by atoms with E-state index in [0.29, 0.717) is 11.1 Å². The highest BCUT2D eigenvalue weighted by molar-refractivity contribution is 6.10. The molecule has 0 aliphatic rings. The maximum atomic E-state index is 11.3. The van der Waals surface area contributed by atoms with E-state index in [-0.39, 0.29) is 23.7 Å². The lowest BCUT2D eigenvalue weighted by Crippen LogP contribution is -2.04. The first-order chi connectivity index (χ1) is 32.6. The van der Waals surface area contributed by atoms with E-state index in [4.69, 9.17) is 0 Å². The minimum Gasteiger partial charge on any atom is -0.504 e. The minimum atomic E-state index is -0.376. The monoisotopic (exact) mass is 880 g/mol. The minimum absolute atomic E-state index is 0.275. The summed E-state index contributed by atoms with van der Waals surface area (Å²) in [5.74, 6) is -0.641. The molecule has 0 fully saturated rings. The van der Waals surface area contributed by atoms with Crippen molar-refractivity contribution in [3.63, 3.8) is 0 Å². The van der Waals surface area contributed by atoms with Crippen LogP contribution in [0, 0.1) is 6.92 Å². The molecule has 0 amide bonds. The smallest absolute Gasteiger partial charge is 0.161 e. The summed E-state index contributed by atoms with van der Waals surface area (Å²) in [6.45, 7) is 20.0. The second-order valence-electron chi connectivity index (χ2n) is 16.5. The van der Waals surface area contributed by atoms with Gasteiger partial charge in [0.25, 0.3) is 0 Å². The molecule has 0 aromatic heterocycles. The molecule has 0 heterocycles. The van der Waals surface area contributed by atoms with Gasteiger partial charge in [-0.05, 0) is 146 Å². The van der Waals surface area contributed by atoms with Crippen molar-refractivity contribution in [3.8, 4) is 22.3 Å². The Morgan fingerprint density at radius 2 is 1.27 bits per heavy atom. The maximum Gasteiger partial charge on any atom is 0.161 e. The summed E-state index contributed by atoms with van der Waals surface area (Å²) < 4.78 is 0. The lowest BCUT2D eigenvalue weighted by molar-refractivity contribution is 0.291. The van der Waals surface area contributed by atoms with Gasteiger partial charge in [-0.1, -0.05) is 215 Å². The van der Waals surface area contributed by atoms with Gasteiger partial charge in [-0.2, -0.15) is 0 Å². The van der Waals surface area contributed by atoms with Crippen LogP contribution in [0.1, 0.15) is 87.4 Å². The largest absolute Gasteiger partial charge is 0.504 e. The number of fused-ring (bicyclic) bond motifs is 2. The summed E-state index contributed by atoms with van der Waals surface area (Å²) in [7, 11) is 0. The number of rotatable bonds is 14. The molecule has 7 aromatic rings. The van der Waals surface area contributed by atoms with Crippen LogP contribution in [-0.4, -0.2) is 21.9 Å². The van der Waals surface area contributed by atoms with Crippen LogP contribution < -0.4 is 0 Å². The molecular formula is C64H64O3. The molecule has 3 nitrogen and oxygen atoms in total. The number of aryl methyl sites for hydroxylation is 1. The summed E-state index contributed by atoms with van der Waals surface area (Å²) in [5.41, 5.74) is 15.9. The van der Waals surface area contributed by atoms with E-state index in [1.807, 2.05) is 45.0 Å². The molecule has 0 aliphatic carbocycles. The van der Waals surface area contributed by atoms with E-state index < -0.39 is 0 Å². The van der Waals surface area contributed by atoms with Gasteiger partial charge in [-0.25, -0.2) is 0 Å². The number of allylic oxidation sites excluding steroid dienone is 10. The number of aliphatic hydroxyl groups excluding tert-OH is 3. The molecule has 3 heteroatoms. The molecule has 0 spiro atoms. The summed E-state index contributed by atoms with van der Waals surface area (Å²) >= 11 is 0. The van der Waals surface area contributed by atoms with Crippen molar-refractivity contribution in [3.05, 3.63) is 244 Å². The first kappa shape index (κ1) is 49.0. The van der Waals surface area contributed by atoms with E-state index >= 15 is 0 Å². The molecule has 0 bridgehead atoms. The molecule has 3 N–H and O–H groups in total. The third-order valence-electron chi connectivity index (χ3n) is 12.3. The Balaban J connectivity index is 0.00000365.